The van der Waals surface area contributed by atoms with Gasteiger partial charge in [0.1, 0.15) is 0 Å². The van der Waals surface area contributed by atoms with Crippen LogP contribution in [-0.4, -0.2) is 31.8 Å². The molecule has 0 aliphatic rings. The maximum atomic E-state index is 5.56. The van der Waals surface area contributed by atoms with Crippen molar-refractivity contribution >= 4 is 5.96 Å². The summed E-state index contributed by atoms with van der Waals surface area (Å²) in [6.07, 6.45) is 1.29. The molecular weight excluding hydrogens is 166 g/mol. The van der Waals surface area contributed by atoms with Gasteiger partial charge in [0.2, 0.25) is 0 Å². The summed E-state index contributed by atoms with van der Waals surface area (Å²) in [5.74, 6) is 0.509. The molecular formula is C9H21N3O. The van der Waals surface area contributed by atoms with E-state index < -0.39 is 0 Å². The first-order valence-corrected chi connectivity index (χ1v) is 4.82. The predicted molar refractivity (Wildman–Crippen MR) is 55.9 cm³/mol. The molecule has 0 unspecified atom stereocenters. The molecule has 0 aliphatic carbocycles. The highest BCUT2D eigenvalue weighted by atomic mass is 16.5. The summed E-state index contributed by atoms with van der Waals surface area (Å²) in [5.41, 5.74) is 5.56. The Hall–Kier alpha value is -0.770. The van der Waals surface area contributed by atoms with E-state index in [0.29, 0.717) is 12.6 Å². The van der Waals surface area contributed by atoms with Crippen molar-refractivity contribution in [2.75, 3.05) is 19.7 Å². The van der Waals surface area contributed by atoms with Gasteiger partial charge < -0.3 is 15.8 Å². The van der Waals surface area contributed by atoms with Crippen LogP contribution in [0, 0.1) is 0 Å². The standard InChI is InChI=1S/C9H21N3O/c1-4-5-11-9(10)12-6-7-13-8(2)3/h8H,4-7H2,1-3H3,(H3,10,11,12). The third-order valence-electron chi connectivity index (χ3n) is 1.37. The molecule has 0 heterocycles. The molecule has 0 saturated carbocycles. The zero-order valence-corrected chi connectivity index (χ0v) is 8.84. The molecule has 13 heavy (non-hydrogen) atoms. The van der Waals surface area contributed by atoms with Crippen LogP contribution in [0.25, 0.3) is 0 Å². The molecule has 4 nitrogen and oxygen atoms in total. The molecule has 78 valence electrons. The van der Waals surface area contributed by atoms with E-state index in [2.05, 4.69) is 17.2 Å². The highest BCUT2D eigenvalue weighted by molar-refractivity contribution is 5.77. The van der Waals surface area contributed by atoms with Gasteiger partial charge in [-0.2, -0.15) is 0 Å². The van der Waals surface area contributed by atoms with Gasteiger partial charge in [-0.15, -0.1) is 0 Å². The van der Waals surface area contributed by atoms with Gasteiger partial charge in [0, 0.05) is 13.1 Å². The minimum Gasteiger partial charge on any atom is -0.377 e. The minimum atomic E-state index is 0.274. The van der Waals surface area contributed by atoms with Gasteiger partial charge in [0.15, 0.2) is 5.96 Å². The molecule has 4 heteroatoms. The van der Waals surface area contributed by atoms with Crippen molar-refractivity contribution in [1.29, 1.82) is 0 Å². The molecule has 0 spiro atoms. The molecule has 0 saturated heterocycles. The third-order valence-corrected chi connectivity index (χ3v) is 1.37. The average Bonchev–Trinajstić information content (AvgIpc) is 2.08. The van der Waals surface area contributed by atoms with E-state index in [-0.39, 0.29) is 6.10 Å². The van der Waals surface area contributed by atoms with Crippen LogP contribution in [0.5, 0.6) is 0 Å². The monoisotopic (exact) mass is 187 g/mol. The van der Waals surface area contributed by atoms with Gasteiger partial charge in [-0.25, -0.2) is 0 Å². The Morgan fingerprint density at radius 3 is 2.77 bits per heavy atom. The highest BCUT2D eigenvalue weighted by Crippen LogP contribution is 1.84. The molecule has 3 N–H and O–H groups in total. The van der Waals surface area contributed by atoms with Crippen LogP contribution in [0.15, 0.2) is 4.99 Å². The lowest BCUT2D eigenvalue weighted by Crippen LogP contribution is -2.34. The zero-order chi connectivity index (χ0) is 10.1. The van der Waals surface area contributed by atoms with Crippen molar-refractivity contribution in [3.8, 4) is 0 Å². The SMILES string of the molecule is CCCN=C(N)NCCOC(C)C. The fourth-order valence-corrected chi connectivity index (χ4v) is 0.762. The number of nitrogens with one attached hydrogen (secondary N) is 1. The van der Waals surface area contributed by atoms with E-state index in [9.17, 15) is 0 Å². The summed E-state index contributed by atoms with van der Waals surface area (Å²) >= 11 is 0. The van der Waals surface area contributed by atoms with Crippen LogP contribution >= 0.6 is 0 Å². The second-order valence-electron chi connectivity index (χ2n) is 3.11. The average molecular weight is 187 g/mol. The molecule has 0 aromatic carbocycles. The summed E-state index contributed by atoms with van der Waals surface area (Å²) in [7, 11) is 0. The van der Waals surface area contributed by atoms with E-state index >= 15 is 0 Å². The lowest BCUT2D eigenvalue weighted by molar-refractivity contribution is 0.0830. The molecule has 0 rings (SSSR count). The maximum absolute atomic E-state index is 5.56. The first-order chi connectivity index (χ1) is 6.16. The van der Waals surface area contributed by atoms with E-state index in [1.807, 2.05) is 13.8 Å². The number of hydrogen-bond acceptors (Lipinski definition) is 2. The van der Waals surface area contributed by atoms with Crippen molar-refractivity contribution < 1.29 is 4.74 Å². The van der Waals surface area contributed by atoms with Crippen LogP contribution in [0.2, 0.25) is 0 Å². The van der Waals surface area contributed by atoms with E-state index in [1.54, 1.807) is 0 Å². The van der Waals surface area contributed by atoms with Crippen molar-refractivity contribution in [3.05, 3.63) is 0 Å². The van der Waals surface area contributed by atoms with Gasteiger partial charge in [0.05, 0.1) is 12.7 Å². The quantitative estimate of drug-likeness (QED) is 0.366. The van der Waals surface area contributed by atoms with Crippen molar-refractivity contribution in [2.45, 2.75) is 33.3 Å². The number of ether oxygens (including phenoxy) is 1. The molecule has 0 fully saturated rings. The Balaban J connectivity index is 3.31. The van der Waals surface area contributed by atoms with E-state index in [1.165, 1.54) is 0 Å². The number of nitrogens with two attached hydrogens (primary N) is 1. The number of hydrogen-bond donors (Lipinski definition) is 2. The van der Waals surface area contributed by atoms with Crippen molar-refractivity contribution in [2.24, 2.45) is 10.7 Å². The fourth-order valence-electron chi connectivity index (χ4n) is 0.762. The third kappa shape index (κ3) is 9.14. The lowest BCUT2D eigenvalue weighted by Gasteiger charge is -2.08. The molecule has 0 radical (unpaired) electrons. The fraction of sp³-hybridized carbons (Fsp3) is 0.889. The van der Waals surface area contributed by atoms with Crippen LogP contribution in [-0.2, 0) is 4.74 Å². The second kappa shape index (κ2) is 7.86. The Kier molecular flexibility index (Phi) is 7.39. The van der Waals surface area contributed by atoms with Crippen LogP contribution in [0.3, 0.4) is 0 Å². The molecule has 0 amide bonds. The van der Waals surface area contributed by atoms with Crippen molar-refractivity contribution in [1.82, 2.24) is 5.32 Å². The van der Waals surface area contributed by atoms with Crippen molar-refractivity contribution in [3.63, 3.8) is 0 Å². The lowest BCUT2D eigenvalue weighted by atomic mass is 10.5. The second-order valence-corrected chi connectivity index (χ2v) is 3.11. The predicted octanol–water partition coefficient (Wildman–Crippen LogP) is 0.726. The summed E-state index contributed by atoms with van der Waals surface area (Å²) in [5, 5.41) is 2.98. The minimum absolute atomic E-state index is 0.274. The first-order valence-electron chi connectivity index (χ1n) is 4.82. The largest absolute Gasteiger partial charge is 0.377 e. The topological polar surface area (TPSA) is 59.6 Å². The summed E-state index contributed by atoms with van der Waals surface area (Å²) in [6.45, 7) is 8.25. The van der Waals surface area contributed by atoms with Crippen LogP contribution < -0.4 is 11.1 Å². The number of guanidine groups is 1. The molecule has 0 aromatic heterocycles. The number of rotatable bonds is 6. The maximum Gasteiger partial charge on any atom is 0.188 e. The number of aliphatic imine (C=N–C) groups is 1. The zero-order valence-electron chi connectivity index (χ0n) is 8.84. The highest BCUT2D eigenvalue weighted by Gasteiger charge is 1.93. The van der Waals surface area contributed by atoms with Crippen LogP contribution in [0.1, 0.15) is 27.2 Å². The Morgan fingerprint density at radius 1 is 1.54 bits per heavy atom. The first kappa shape index (κ1) is 12.2. The smallest absolute Gasteiger partial charge is 0.188 e. The molecule has 0 aliphatic heterocycles. The summed E-state index contributed by atoms with van der Waals surface area (Å²) < 4.78 is 5.32. The Morgan fingerprint density at radius 2 is 2.23 bits per heavy atom. The molecule has 0 bridgehead atoms. The summed E-state index contributed by atoms with van der Waals surface area (Å²) in [6, 6.07) is 0. The van der Waals surface area contributed by atoms with Crippen LogP contribution in [0.4, 0.5) is 0 Å². The van der Waals surface area contributed by atoms with E-state index in [0.717, 1.165) is 19.5 Å². The molecule has 0 atom stereocenters. The number of nitrogens with zero attached hydrogens (tertiary/aromatic N) is 1. The molecule has 0 aromatic rings. The van der Waals surface area contributed by atoms with Gasteiger partial charge in [0.25, 0.3) is 0 Å². The Bertz CT molecular complexity index is 146. The van der Waals surface area contributed by atoms with Gasteiger partial charge in [-0.3, -0.25) is 4.99 Å². The normalized spacial score (nSPS) is 12.2. The Labute approximate surface area is 80.6 Å². The van der Waals surface area contributed by atoms with E-state index in [4.69, 9.17) is 10.5 Å². The van der Waals surface area contributed by atoms with Gasteiger partial charge in [-0.05, 0) is 20.3 Å². The summed E-state index contributed by atoms with van der Waals surface area (Å²) in [4.78, 5) is 4.09. The van der Waals surface area contributed by atoms with Gasteiger partial charge >= 0.3 is 0 Å². The van der Waals surface area contributed by atoms with Gasteiger partial charge in [-0.1, -0.05) is 6.92 Å².